The molecule has 1 N–H and O–H groups in total. The molecule has 1 atom stereocenters. The highest BCUT2D eigenvalue weighted by molar-refractivity contribution is 5.81. The SMILES string of the molecule is Cc1cccc(OC(C)C(=O)NC2CCCCCC2)c1. The number of amides is 1. The van der Waals surface area contributed by atoms with Gasteiger partial charge in [-0.2, -0.15) is 0 Å². The van der Waals surface area contributed by atoms with Gasteiger partial charge in [0.2, 0.25) is 0 Å². The smallest absolute Gasteiger partial charge is 0.260 e. The molecule has 3 nitrogen and oxygen atoms in total. The van der Waals surface area contributed by atoms with E-state index in [9.17, 15) is 4.79 Å². The van der Waals surface area contributed by atoms with Gasteiger partial charge in [-0.25, -0.2) is 0 Å². The highest BCUT2D eigenvalue weighted by Crippen LogP contribution is 2.18. The number of ether oxygens (including phenoxy) is 1. The van der Waals surface area contributed by atoms with Crippen LogP contribution in [0.25, 0.3) is 0 Å². The zero-order valence-electron chi connectivity index (χ0n) is 12.5. The third kappa shape index (κ3) is 4.55. The predicted octanol–water partition coefficient (Wildman–Crippen LogP) is 3.60. The van der Waals surface area contributed by atoms with Gasteiger partial charge in [0, 0.05) is 6.04 Å². The minimum atomic E-state index is -0.444. The molecular formula is C17H25NO2. The highest BCUT2D eigenvalue weighted by Gasteiger charge is 2.20. The van der Waals surface area contributed by atoms with Crippen LogP contribution in [0.3, 0.4) is 0 Å². The summed E-state index contributed by atoms with van der Waals surface area (Å²) in [6.07, 6.45) is 6.78. The first-order valence-corrected chi connectivity index (χ1v) is 7.69. The van der Waals surface area contributed by atoms with Crippen molar-refractivity contribution in [3.63, 3.8) is 0 Å². The molecule has 0 saturated heterocycles. The first-order valence-electron chi connectivity index (χ1n) is 7.69. The minimum absolute atomic E-state index is 0.00148. The van der Waals surface area contributed by atoms with Crippen molar-refractivity contribution in [3.8, 4) is 5.75 Å². The first kappa shape index (κ1) is 14.9. The van der Waals surface area contributed by atoms with Gasteiger partial charge in [-0.15, -0.1) is 0 Å². The van der Waals surface area contributed by atoms with Crippen LogP contribution >= 0.6 is 0 Å². The summed E-state index contributed by atoms with van der Waals surface area (Å²) in [4.78, 5) is 12.2. The van der Waals surface area contributed by atoms with Crippen LogP contribution in [0.4, 0.5) is 0 Å². The second-order valence-electron chi connectivity index (χ2n) is 5.77. The van der Waals surface area contributed by atoms with E-state index in [4.69, 9.17) is 4.74 Å². The number of nitrogens with one attached hydrogen (secondary N) is 1. The van der Waals surface area contributed by atoms with Gasteiger partial charge in [-0.3, -0.25) is 4.79 Å². The van der Waals surface area contributed by atoms with Crippen LogP contribution in [0.15, 0.2) is 24.3 Å². The number of rotatable bonds is 4. The minimum Gasteiger partial charge on any atom is -0.481 e. The van der Waals surface area contributed by atoms with Gasteiger partial charge in [-0.1, -0.05) is 37.8 Å². The summed E-state index contributed by atoms with van der Waals surface area (Å²) in [6, 6.07) is 8.13. The van der Waals surface area contributed by atoms with E-state index in [-0.39, 0.29) is 5.91 Å². The summed E-state index contributed by atoms with van der Waals surface area (Å²) >= 11 is 0. The van der Waals surface area contributed by atoms with Gasteiger partial charge in [0.15, 0.2) is 6.10 Å². The van der Waals surface area contributed by atoms with Crippen LogP contribution in [0.2, 0.25) is 0 Å². The number of aryl methyl sites for hydroxylation is 1. The monoisotopic (exact) mass is 275 g/mol. The topological polar surface area (TPSA) is 38.3 Å². The number of carbonyl (C=O) groups is 1. The van der Waals surface area contributed by atoms with Gasteiger partial charge in [0.05, 0.1) is 0 Å². The van der Waals surface area contributed by atoms with Crippen molar-refractivity contribution in [2.45, 2.75) is 64.5 Å². The Hall–Kier alpha value is -1.51. The Bertz CT molecular complexity index is 436. The fraction of sp³-hybridized carbons (Fsp3) is 0.588. The maximum Gasteiger partial charge on any atom is 0.260 e. The summed E-state index contributed by atoms with van der Waals surface area (Å²) < 4.78 is 5.72. The Morgan fingerprint density at radius 1 is 1.25 bits per heavy atom. The molecule has 3 heteroatoms. The van der Waals surface area contributed by atoms with E-state index in [0.29, 0.717) is 6.04 Å². The third-order valence-electron chi connectivity index (χ3n) is 3.87. The predicted molar refractivity (Wildman–Crippen MR) is 80.9 cm³/mol. The third-order valence-corrected chi connectivity index (χ3v) is 3.87. The second-order valence-corrected chi connectivity index (χ2v) is 5.77. The molecule has 1 aromatic carbocycles. The standard InChI is InChI=1S/C17H25NO2/c1-13-8-7-11-16(12-13)20-14(2)17(19)18-15-9-5-3-4-6-10-15/h7-8,11-12,14-15H,3-6,9-10H2,1-2H3,(H,18,19). The van der Waals surface area contributed by atoms with Crippen molar-refractivity contribution in [3.05, 3.63) is 29.8 Å². The second kappa shape index (κ2) is 7.32. The molecule has 0 bridgehead atoms. The molecule has 1 aliphatic rings. The Labute approximate surface area is 121 Å². The van der Waals surface area contributed by atoms with E-state index >= 15 is 0 Å². The molecule has 0 aliphatic heterocycles. The Kier molecular flexibility index (Phi) is 5.45. The molecule has 1 aliphatic carbocycles. The van der Waals surface area contributed by atoms with E-state index < -0.39 is 6.10 Å². The van der Waals surface area contributed by atoms with Gasteiger partial charge in [0.25, 0.3) is 5.91 Å². The van der Waals surface area contributed by atoms with Crippen LogP contribution in [-0.4, -0.2) is 18.1 Å². The lowest BCUT2D eigenvalue weighted by Gasteiger charge is -2.20. The molecular weight excluding hydrogens is 250 g/mol. The van der Waals surface area contributed by atoms with Crippen LogP contribution in [-0.2, 0) is 4.79 Å². The lowest BCUT2D eigenvalue weighted by molar-refractivity contribution is -0.128. The van der Waals surface area contributed by atoms with Crippen molar-refractivity contribution in [2.75, 3.05) is 0 Å². The Morgan fingerprint density at radius 2 is 1.95 bits per heavy atom. The van der Waals surface area contributed by atoms with Crippen LogP contribution in [0, 0.1) is 6.92 Å². The van der Waals surface area contributed by atoms with E-state index in [2.05, 4.69) is 5.32 Å². The lowest BCUT2D eigenvalue weighted by atomic mass is 10.1. The quantitative estimate of drug-likeness (QED) is 0.853. The molecule has 0 spiro atoms. The summed E-state index contributed by atoms with van der Waals surface area (Å²) in [5.41, 5.74) is 1.14. The fourth-order valence-corrected chi connectivity index (χ4v) is 2.69. The molecule has 0 aromatic heterocycles. The molecule has 110 valence electrons. The van der Waals surface area contributed by atoms with Crippen molar-refractivity contribution < 1.29 is 9.53 Å². The Balaban J connectivity index is 1.85. The van der Waals surface area contributed by atoms with E-state index in [1.54, 1.807) is 0 Å². The lowest BCUT2D eigenvalue weighted by Crippen LogP contribution is -2.42. The molecule has 1 saturated carbocycles. The molecule has 1 unspecified atom stereocenters. The number of carbonyl (C=O) groups excluding carboxylic acids is 1. The van der Waals surface area contributed by atoms with Crippen LogP contribution < -0.4 is 10.1 Å². The maximum atomic E-state index is 12.2. The molecule has 1 aromatic rings. The molecule has 0 radical (unpaired) electrons. The Morgan fingerprint density at radius 3 is 2.60 bits per heavy atom. The van der Waals surface area contributed by atoms with Crippen molar-refractivity contribution >= 4 is 5.91 Å². The van der Waals surface area contributed by atoms with Gasteiger partial charge in [-0.05, 0) is 44.4 Å². The molecule has 1 fully saturated rings. The van der Waals surface area contributed by atoms with Gasteiger partial charge >= 0.3 is 0 Å². The van der Waals surface area contributed by atoms with Crippen LogP contribution in [0.5, 0.6) is 5.75 Å². The summed E-state index contributed by atoms with van der Waals surface area (Å²) in [7, 11) is 0. The average Bonchev–Trinajstić information content (AvgIpc) is 2.67. The summed E-state index contributed by atoms with van der Waals surface area (Å²) in [6.45, 7) is 3.83. The zero-order valence-corrected chi connectivity index (χ0v) is 12.5. The number of hydrogen-bond donors (Lipinski definition) is 1. The van der Waals surface area contributed by atoms with Gasteiger partial charge in [0.1, 0.15) is 5.75 Å². The maximum absolute atomic E-state index is 12.2. The molecule has 20 heavy (non-hydrogen) atoms. The molecule has 1 amide bonds. The van der Waals surface area contributed by atoms with Crippen LogP contribution in [0.1, 0.15) is 51.0 Å². The van der Waals surface area contributed by atoms with E-state index in [0.717, 1.165) is 24.2 Å². The summed E-state index contributed by atoms with van der Waals surface area (Å²) in [5.74, 6) is 0.756. The number of benzene rings is 1. The first-order chi connectivity index (χ1) is 9.65. The highest BCUT2D eigenvalue weighted by atomic mass is 16.5. The summed E-state index contributed by atoms with van der Waals surface area (Å²) in [5, 5.41) is 3.13. The normalized spacial score (nSPS) is 18.1. The van der Waals surface area contributed by atoms with Crippen molar-refractivity contribution in [1.82, 2.24) is 5.32 Å². The van der Waals surface area contributed by atoms with Crippen molar-refractivity contribution in [1.29, 1.82) is 0 Å². The van der Waals surface area contributed by atoms with Crippen molar-refractivity contribution in [2.24, 2.45) is 0 Å². The van der Waals surface area contributed by atoms with E-state index in [1.807, 2.05) is 38.1 Å². The fourth-order valence-electron chi connectivity index (χ4n) is 2.69. The zero-order chi connectivity index (χ0) is 14.4. The largest absolute Gasteiger partial charge is 0.481 e. The van der Waals surface area contributed by atoms with E-state index in [1.165, 1.54) is 25.7 Å². The molecule has 2 rings (SSSR count). The van der Waals surface area contributed by atoms with Gasteiger partial charge < -0.3 is 10.1 Å². The average molecular weight is 275 g/mol. The molecule has 0 heterocycles. The number of hydrogen-bond acceptors (Lipinski definition) is 2.